The van der Waals surface area contributed by atoms with Crippen LogP contribution in [-0.4, -0.2) is 24.0 Å². The second-order valence-electron chi connectivity index (χ2n) is 4.10. The van der Waals surface area contributed by atoms with Crippen LogP contribution in [0.1, 0.15) is 26.2 Å². The largest absolute Gasteiger partial charge is 0.479 e. The summed E-state index contributed by atoms with van der Waals surface area (Å²) in [6, 6.07) is 5.07. The molecule has 0 unspecified atom stereocenters. The molecule has 1 heterocycles. The molecule has 5 nitrogen and oxygen atoms in total. The van der Waals surface area contributed by atoms with Crippen LogP contribution < -0.4 is 14.2 Å². The fourth-order valence-electron chi connectivity index (χ4n) is 1.74. The van der Waals surface area contributed by atoms with Gasteiger partial charge in [-0.15, -0.1) is 0 Å². The fraction of sp³-hybridized carbons (Fsp3) is 0.462. The Labute approximate surface area is 105 Å². The first-order valence-corrected chi connectivity index (χ1v) is 6.00. The number of ether oxygens (including phenoxy) is 3. The van der Waals surface area contributed by atoms with E-state index in [2.05, 4.69) is 0 Å². The molecule has 18 heavy (non-hydrogen) atoms. The Hall–Kier alpha value is -1.91. The van der Waals surface area contributed by atoms with Crippen LogP contribution in [-0.2, 0) is 4.79 Å². The van der Waals surface area contributed by atoms with E-state index >= 15 is 0 Å². The van der Waals surface area contributed by atoms with Crippen LogP contribution in [0.25, 0.3) is 0 Å². The average Bonchev–Trinajstić information content (AvgIpc) is 2.81. The minimum atomic E-state index is -0.943. The lowest BCUT2D eigenvalue weighted by molar-refractivity contribution is -0.145. The maximum absolute atomic E-state index is 11.1. The molecule has 0 aromatic heterocycles. The number of unbranched alkanes of at least 4 members (excludes halogenated alkanes) is 1. The summed E-state index contributed by atoms with van der Waals surface area (Å²) < 4.78 is 15.9. The number of rotatable bonds is 6. The van der Waals surface area contributed by atoms with E-state index in [1.165, 1.54) is 0 Å². The molecule has 5 heteroatoms. The number of hydrogen-bond donors (Lipinski definition) is 1. The van der Waals surface area contributed by atoms with Crippen molar-refractivity contribution in [3.63, 3.8) is 0 Å². The van der Waals surface area contributed by atoms with Crippen molar-refractivity contribution in [2.24, 2.45) is 0 Å². The molecule has 1 aliphatic rings. The first kappa shape index (κ1) is 12.5. The second-order valence-corrected chi connectivity index (χ2v) is 4.10. The van der Waals surface area contributed by atoms with Gasteiger partial charge in [0, 0.05) is 6.07 Å². The van der Waals surface area contributed by atoms with Crippen molar-refractivity contribution < 1.29 is 24.1 Å². The Morgan fingerprint density at radius 1 is 1.44 bits per heavy atom. The molecular weight excluding hydrogens is 236 g/mol. The van der Waals surface area contributed by atoms with E-state index < -0.39 is 12.1 Å². The van der Waals surface area contributed by atoms with Crippen molar-refractivity contribution in [3.05, 3.63) is 18.2 Å². The zero-order valence-electron chi connectivity index (χ0n) is 10.2. The quantitative estimate of drug-likeness (QED) is 0.842. The Bertz CT molecular complexity index is 429. The highest BCUT2D eigenvalue weighted by molar-refractivity contribution is 5.72. The SMILES string of the molecule is CCCC[C@H](Oc1ccc2c(c1)OCO2)C(=O)O. The lowest BCUT2D eigenvalue weighted by Gasteiger charge is -2.14. The number of hydrogen-bond acceptors (Lipinski definition) is 4. The molecule has 0 spiro atoms. The van der Waals surface area contributed by atoms with Gasteiger partial charge in [0.1, 0.15) is 5.75 Å². The van der Waals surface area contributed by atoms with E-state index in [4.69, 9.17) is 19.3 Å². The maximum atomic E-state index is 11.1. The highest BCUT2D eigenvalue weighted by Gasteiger charge is 2.20. The Morgan fingerprint density at radius 3 is 2.94 bits per heavy atom. The van der Waals surface area contributed by atoms with Crippen LogP contribution in [0.4, 0.5) is 0 Å². The van der Waals surface area contributed by atoms with E-state index in [0.29, 0.717) is 23.7 Å². The molecule has 1 aromatic carbocycles. The molecule has 0 amide bonds. The van der Waals surface area contributed by atoms with E-state index in [9.17, 15) is 4.79 Å². The van der Waals surface area contributed by atoms with Gasteiger partial charge in [-0.3, -0.25) is 0 Å². The molecule has 0 saturated heterocycles. The number of carboxylic acids is 1. The van der Waals surface area contributed by atoms with E-state index in [1.54, 1.807) is 18.2 Å². The molecule has 1 aromatic rings. The monoisotopic (exact) mass is 252 g/mol. The van der Waals surface area contributed by atoms with E-state index in [-0.39, 0.29) is 6.79 Å². The minimum absolute atomic E-state index is 0.191. The number of fused-ring (bicyclic) bond motifs is 1. The Balaban J connectivity index is 2.04. The first-order chi connectivity index (χ1) is 8.70. The summed E-state index contributed by atoms with van der Waals surface area (Å²) in [5.41, 5.74) is 0. The molecule has 0 aliphatic carbocycles. The van der Waals surface area contributed by atoms with Gasteiger partial charge in [0.2, 0.25) is 6.79 Å². The third kappa shape index (κ3) is 2.85. The normalized spacial score (nSPS) is 14.3. The number of benzene rings is 1. The summed E-state index contributed by atoms with van der Waals surface area (Å²) >= 11 is 0. The van der Waals surface area contributed by atoms with Gasteiger partial charge in [0.15, 0.2) is 17.6 Å². The summed E-state index contributed by atoms with van der Waals surface area (Å²) in [6.45, 7) is 2.20. The lowest BCUT2D eigenvalue weighted by atomic mass is 10.1. The van der Waals surface area contributed by atoms with Crippen molar-refractivity contribution in [1.82, 2.24) is 0 Å². The van der Waals surface area contributed by atoms with Gasteiger partial charge in [-0.1, -0.05) is 13.3 Å². The molecule has 98 valence electrons. The highest BCUT2D eigenvalue weighted by Crippen LogP contribution is 2.35. The smallest absolute Gasteiger partial charge is 0.344 e. The summed E-state index contributed by atoms with van der Waals surface area (Å²) in [5.74, 6) is 0.791. The summed E-state index contributed by atoms with van der Waals surface area (Å²) in [6.07, 6.45) is 1.45. The fourth-order valence-corrected chi connectivity index (χ4v) is 1.74. The summed E-state index contributed by atoms with van der Waals surface area (Å²) in [7, 11) is 0. The average molecular weight is 252 g/mol. The third-order valence-electron chi connectivity index (χ3n) is 2.72. The number of aliphatic carboxylic acids is 1. The zero-order valence-corrected chi connectivity index (χ0v) is 10.2. The maximum Gasteiger partial charge on any atom is 0.344 e. The van der Waals surface area contributed by atoms with Crippen LogP contribution in [0.2, 0.25) is 0 Å². The summed E-state index contributed by atoms with van der Waals surface area (Å²) in [4.78, 5) is 11.1. The minimum Gasteiger partial charge on any atom is -0.479 e. The molecule has 1 N–H and O–H groups in total. The molecule has 0 saturated carbocycles. The van der Waals surface area contributed by atoms with Gasteiger partial charge >= 0.3 is 5.97 Å². The Kier molecular flexibility index (Phi) is 3.92. The molecule has 0 radical (unpaired) electrons. The van der Waals surface area contributed by atoms with Gasteiger partial charge in [-0.05, 0) is 25.0 Å². The van der Waals surface area contributed by atoms with Crippen LogP contribution in [0.3, 0.4) is 0 Å². The topological polar surface area (TPSA) is 65.0 Å². The van der Waals surface area contributed by atoms with Crippen molar-refractivity contribution in [1.29, 1.82) is 0 Å². The third-order valence-corrected chi connectivity index (χ3v) is 2.72. The first-order valence-electron chi connectivity index (χ1n) is 6.00. The van der Waals surface area contributed by atoms with Crippen LogP contribution >= 0.6 is 0 Å². The van der Waals surface area contributed by atoms with Gasteiger partial charge in [-0.2, -0.15) is 0 Å². The highest BCUT2D eigenvalue weighted by atomic mass is 16.7. The van der Waals surface area contributed by atoms with Crippen molar-refractivity contribution in [2.75, 3.05) is 6.79 Å². The molecule has 1 atom stereocenters. The van der Waals surface area contributed by atoms with E-state index in [0.717, 1.165) is 12.8 Å². The van der Waals surface area contributed by atoms with Crippen molar-refractivity contribution in [3.8, 4) is 17.2 Å². The summed E-state index contributed by atoms with van der Waals surface area (Å²) in [5, 5.41) is 9.07. The second kappa shape index (κ2) is 5.62. The van der Waals surface area contributed by atoms with E-state index in [1.807, 2.05) is 6.92 Å². The molecular formula is C13H16O5. The zero-order chi connectivity index (χ0) is 13.0. The van der Waals surface area contributed by atoms with Crippen molar-refractivity contribution >= 4 is 5.97 Å². The molecule has 0 fully saturated rings. The van der Waals surface area contributed by atoms with Crippen LogP contribution in [0, 0.1) is 0 Å². The number of carbonyl (C=O) groups is 1. The standard InChI is InChI=1S/C13H16O5/c1-2-3-4-11(13(14)15)18-9-5-6-10-12(7-9)17-8-16-10/h5-7,11H,2-4,8H2,1H3,(H,14,15)/t11-/m0/s1. The van der Waals surface area contributed by atoms with Gasteiger partial charge in [0.25, 0.3) is 0 Å². The van der Waals surface area contributed by atoms with Crippen LogP contribution in [0.5, 0.6) is 17.2 Å². The Morgan fingerprint density at radius 2 is 2.22 bits per heavy atom. The number of carboxylic acid groups (broad SMARTS) is 1. The predicted molar refractivity (Wildman–Crippen MR) is 64.1 cm³/mol. The molecule has 2 rings (SSSR count). The van der Waals surface area contributed by atoms with Gasteiger partial charge in [-0.25, -0.2) is 4.79 Å². The predicted octanol–water partition coefficient (Wildman–Crippen LogP) is 2.44. The molecule has 1 aliphatic heterocycles. The molecule has 0 bridgehead atoms. The lowest BCUT2D eigenvalue weighted by Crippen LogP contribution is -2.26. The van der Waals surface area contributed by atoms with Gasteiger partial charge < -0.3 is 19.3 Å². The van der Waals surface area contributed by atoms with Gasteiger partial charge in [0.05, 0.1) is 0 Å². The van der Waals surface area contributed by atoms with Crippen LogP contribution in [0.15, 0.2) is 18.2 Å². The van der Waals surface area contributed by atoms with Crippen molar-refractivity contribution in [2.45, 2.75) is 32.3 Å².